The zero-order valence-corrected chi connectivity index (χ0v) is 13.3. The Balaban J connectivity index is 0.00000220. The highest BCUT2D eigenvalue weighted by Gasteiger charge is 2.25. The SMILES string of the molecule is COc1ccc(Cl)cc1CC(=O)NCC1CNCC1O.Cl. The van der Waals surface area contributed by atoms with E-state index in [4.69, 9.17) is 16.3 Å². The van der Waals surface area contributed by atoms with Crippen LogP contribution in [0.4, 0.5) is 0 Å². The topological polar surface area (TPSA) is 70.6 Å². The van der Waals surface area contributed by atoms with Crippen LogP contribution in [-0.2, 0) is 11.2 Å². The van der Waals surface area contributed by atoms with Crippen LogP contribution in [0.15, 0.2) is 18.2 Å². The summed E-state index contributed by atoms with van der Waals surface area (Å²) in [6.45, 7) is 1.78. The molecule has 2 rings (SSSR count). The minimum Gasteiger partial charge on any atom is -0.496 e. The highest BCUT2D eigenvalue weighted by Crippen LogP contribution is 2.23. The summed E-state index contributed by atoms with van der Waals surface area (Å²) in [6, 6.07) is 5.20. The molecule has 1 saturated heterocycles. The molecule has 2 atom stereocenters. The van der Waals surface area contributed by atoms with E-state index in [2.05, 4.69) is 10.6 Å². The molecule has 1 heterocycles. The second-order valence-electron chi connectivity index (χ2n) is 4.92. The van der Waals surface area contributed by atoms with Gasteiger partial charge >= 0.3 is 0 Å². The lowest BCUT2D eigenvalue weighted by molar-refractivity contribution is -0.120. The molecule has 0 spiro atoms. The molecular weight excluding hydrogens is 315 g/mol. The average molecular weight is 335 g/mol. The van der Waals surface area contributed by atoms with Crippen LogP contribution in [0.5, 0.6) is 5.75 Å². The Morgan fingerprint density at radius 2 is 2.29 bits per heavy atom. The third-order valence-electron chi connectivity index (χ3n) is 3.46. The number of carbonyl (C=O) groups excluding carboxylic acids is 1. The molecule has 0 saturated carbocycles. The monoisotopic (exact) mass is 334 g/mol. The summed E-state index contributed by atoms with van der Waals surface area (Å²) >= 11 is 5.93. The van der Waals surface area contributed by atoms with Gasteiger partial charge in [-0.1, -0.05) is 11.6 Å². The molecule has 21 heavy (non-hydrogen) atoms. The number of methoxy groups -OCH3 is 1. The number of rotatable bonds is 5. The van der Waals surface area contributed by atoms with Gasteiger partial charge in [0, 0.05) is 36.1 Å². The number of nitrogens with one attached hydrogen (secondary N) is 2. The first kappa shape index (κ1) is 18.0. The van der Waals surface area contributed by atoms with Crippen molar-refractivity contribution in [1.29, 1.82) is 0 Å². The van der Waals surface area contributed by atoms with Gasteiger partial charge in [-0.3, -0.25) is 4.79 Å². The first-order valence-corrected chi connectivity index (χ1v) is 6.96. The number of carbonyl (C=O) groups is 1. The fourth-order valence-corrected chi connectivity index (χ4v) is 2.49. The van der Waals surface area contributed by atoms with Gasteiger partial charge in [0.05, 0.1) is 19.6 Å². The van der Waals surface area contributed by atoms with E-state index in [9.17, 15) is 9.90 Å². The zero-order chi connectivity index (χ0) is 14.5. The highest BCUT2D eigenvalue weighted by molar-refractivity contribution is 6.30. The fraction of sp³-hybridized carbons (Fsp3) is 0.500. The minimum absolute atomic E-state index is 0. The average Bonchev–Trinajstić information content (AvgIpc) is 2.82. The van der Waals surface area contributed by atoms with Crippen molar-refractivity contribution in [2.75, 3.05) is 26.7 Å². The molecule has 2 unspecified atom stereocenters. The predicted molar refractivity (Wildman–Crippen MR) is 84.3 cm³/mol. The molecule has 1 aliphatic rings. The van der Waals surface area contributed by atoms with Crippen LogP contribution in [0.2, 0.25) is 5.02 Å². The van der Waals surface area contributed by atoms with Gasteiger partial charge in [0.25, 0.3) is 0 Å². The van der Waals surface area contributed by atoms with Gasteiger partial charge in [0.2, 0.25) is 5.91 Å². The first-order valence-electron chi connectivity index (χ1n) is 6.58. The van der Waals surface area contributed by atoms with Gasteiger partial charge in [0.1, 0.15) is 5.75 Å². The molecule has 0 aromatic heterocycles. The predicted octanol–water partition coefficient (Wildman–Crippen LogP) is 1.01. The van der Waals surface area contributed by atoms with E-state index >= 15 is 0 Å². The molecule has 3 N–H and O–H groups in total. The summed E-state index contributed by atoms with van der Waals surface area (Å²) < 4.78 is 5.21. The third-order valence-corrected chi connectivity index (χ3v) is 3.69. The molecule has 5 nitrogen and oxygen atoms in total. The smallest absolute Gasteiger partial charge is 0.224 e. The van der Waals surface area contributed by atoms with Crippen LogP contribution in [0, 0.1) is 5.92 Å². The van der Waals surface area contributed by atoms with Crippen LogP contribution in [0.25, 0.3) is 0 Å². The summed E-state index contributed by atoms with van der Waals surface area (Å²) in [5, 5.41) is 16.2. The summed E-state index contributed by atoms with van der Waals surface area (Å²) in [7, 11) is 1.56. The fourth-order valence-electron chi connectivity index (χ4n) is 2.29. The number of ether oxygens (including phenoxy) is 1. The van der Waals surface area contributed by atoms with Gasteiger partial charge in [0.15, 0.2) is 0 Å². The third kappa shape index (κ3) is 5.04. The number of hydrogen-bond acceptors (Lipinski definition) is 4. The number of hydrogen-bond donors (Lipinski definition) is 3. The Morgan fingerprint density at radius 3 is 2.90 bits per heavy atom. The number of aliphatic hydroxyl groups excluding tert-OH is 1. The van der Waals surface area contributed by atoms with E-state index in [1.165, 1.54) is 0 Å². The van der Waals surface area contributed by atoms with E-state index < -0.39 is 6.10 Å². The Bertz CT molecular complexity index is 485. The maximum atomic E-state index is 11.9. The summed E-state index contributed by atoms with van der Waals surface area (Å²) in [5.41, 5.74) is 0.752. The van der Waals surface area contributed by atoms with Gasteiger partial charge in [-0.15, -0.1) is 12.4 Å². The second kappa shape index (κ2) is 8.44. The van der Waals surface area contributed by atoms with Gasteiger partial charge in [-0.2, -0.15) is 0 Å². The van der Waals surface area contributed by atoms with E-state index in [1.54, 1.807) is 25.3 Å². The standard InChI is InChI=1S/C14H19ClN2O3.ClH/c1-20-13-3-2-11(15)4-9(13)5-14(19)17-7-10-6-16-8-12(10)18;/h2-4,10,12,16,18H,5-8H2,1H3,(H,17,19);1H. The Labute approximate surface area is 135 Å². The van der Waals surface area contributed by atoms with Crippen molar-refractivity contribution in [1.82, 2.24) is 10.6 Å². The van der Waals surface area contributed by atoms with E-state index in [0.717, 1.165) is 12.1 Å². The van der Waals surface area contributed by atoms with Crippen LogP contribution < -0.4 is 15.4 Å². The quantitative estimate of drug-likeness (QED) is 0.751. The van der Waals surface area contributed by atoms with E-state index in [1.807, 2.05) is 0 Å². The largest absolute Gasteiger partial charge is 0.496 e. The molecule has 1 aromatic carbocycles. The lowest BCUT2D eigenvalue weighted by atomic mass is 10.1. The molecule has 0 bridgehead atoms. The van der Waals surface area contributed by atoms with Crippen LogP contribution in [0.3, 0.4) is 0 Å². The van der Waals surface area contributed by atoms with E-state index in [0.29, 0.717) is 23.9 Å². The van der Waals surface area contributed by atoms with Crippen molar-refractivity contribution in [2.45, 2.75) is 12.5 Å². The van der Waals surface area contributed by atoms with Crippen molar-refractivity contribution in [3.8, 4) is 5.75 Å². The molecule has 118 valence electrons. The lowest BCUT2D eigenvalue weighted by Crippen LogP contribution is -2.35. The molecule has 0 radical (unpaired) electrons. The first-order chi connectivity index (χ1) is 9.60. The molecule has 1 aromatic rings. The summed E-state index contributed by atoms with van der Waals surface area (Å²) in [5.74, 6) is 0.608. The number of aliphatic hydroxyl groups is 1. The van der Waals surface area contributed by atoms with Crippen LogP contribution in [0.1, 0.15) is 5.56 Å². The summed E-state index contributed by atoms with van der Waals surface area (Å²) in [6.07, 6.45) is -0.184. The number of benzene rings is 1. The van der Waals surface area contributed by atoms with Gasteiger partial charge in [-0.25, -0.2) is 0 Å². The molecule has 1 fully saturated rings. The second-order valence-corrected chi connectivity index (χ2v) is 5.36. The van der Waals surface area contributed by atoms with Gasteiger partial charge in [-0.05, 0) is 18.2 Å². The number of amides is 1. The molecular formula is C14H20Cl2N2O3. The van der Waals surface area contributed by atoms with Crippen molar-refractivity contribution in [3.63, 3.8) is 0 Å². The normalized spacial score (nSPS) is 20.7. The Morgan fingerprint density at radius 1 is 1.52 bits per heavy atom. The van der Waals surface area contributed by atoms with Crippen LogP contribution >= 0.6 is 24.0 Å². The van der Waals surface area contributed by atoms with Gasteiger partial charge < -0.3 is 20.5 Å². The Hall–Kier alpha value is -1.01. The molecule has 1 amide bonds. The van der Waals surface area contributed by atoms with Crippen molar-refractivity contribution < 1.29 is 14.6 Å². The lowest BCUT2D eigenvalue weighted by Gasteiger charge is -2.14. The zero-order valence-electron chi connectivity index (χ0n) is 11.8. The van der Waals surface area contributed by atoms with E-state index in [-0.39, 0.29) is 30.7 Å². The van der Waals surface area contributed by atoms with Crippen molar-refractivity contribution in [3.05, 3.63) is 28.8 Å². The highest BCUT2D eigenvalue weighted by atomic mass is 35.5. The van der Waals surface area contributed by atoms with Crippen molar-refractivity contribution in [2.24, 2.45) is 5.92 Å². The Kier molecular flexibility index (Phi) is 7.25. The molecule has 1 aliphatic heterocycles. The number of β-amino-alcohol motifs (C(OH)–C–C–N with tert-alkyl or cyclic N) is 1. The van der Waals surface area contributed by atoms with Crippen LogP contribution in [-0.4, -0.2) is 43.9 Å². The molecule has 0 aliphatic carbocycles. The summed E-state index contributed by atoms with van der Waals surface area (Å²) in [4.78, 5) is 11.9. The number of halogens is 2. The maximum absolute atomic E-state index is 11.9. The minimum atomic E-state index is -0.393. The molecule has 7 heteroatoms. The maximum Gasteiger partial charge on any atom is 0.224 e. The van der Waals surface area contributed by atoms with Crippen molar-refractivity contribution >= 4 is 29.9 Å².